The van der Waals surface area contributed by atoms with Gasteiger partial charge in [0.25, 0.3) is 11.8 Å². The highest BCUT2D eigenvalue weighted by molar-refractivity contribution is 5.99. The lowest BCUT2D eigenvalue weighted by atomic mass is 10.1. The lowest BCUT2D eigenvalue weighted by molar-refractivity contribution is 0.0939. The Hall–Kier alpha value is -2.89. The van der Waals surface area contributed by atoms with Crippen LogP contribution >= 0.6 is 0 Å². The molecule has 0 bridgehead atoms. The molecule has 2 aromatic rings. The predicted molar refractivity (Wildman–Crippen MR) is 100 cm³/mol. The molecule has 1 heterocycles. The molecule has 2 N–H and O–H groups in total. The Morgan fingerprint density at radius 1 is 1.15 bits per heavy atom. The van der Waals surface area contributed by atoms with E-state index in [1.54, 1.807) is 13.2 Å². The number of amides is 2. The number of pyridine rings is 1. The van der Waals surface area contributed by atoms with E-state index in [4.69, 9.17) is 4.74 Å². The van der Waals surface area contributed by atoms with Crippen molar-refractivity contribution in [3.05, 3.63) is 59.4 Å². The van der Waals surface area contributed by atoms with E-state index in [1.807, 2.05) is 38.1 Å². The minimum atomic E-state index is -0.259. The number of benzene rings is 1. The van der Waals surface area contributed by atoms with E-state index in [0.717, 1.165) is 17.7 Å². The Bertz CT molecular complexity index is 761. The van der Waals surface area contributed by atoms with Crippen molar-refractivity contribution in [2.24, 2.45) is 0 Å². The van der Waals surface area contributed by atoms with E-state index in [0.29, 0.717) is 24.1 Å². The Labute approximate surface area is 154 Å². The Balaban J connectivity index is 1.95. The highest BCUT2D eigenvalue weighted by atomic mass is 16.5. The molecular formula is C20H25N3O3. The van der Waals surface area contributed by atoms with E-state index >= 15 is 0 Å². The van der Waals surface area contributed by atoms with Gasteiger partial charge in [-0.15, -0.1) is 0 Å². The van der Waals surface area contributed by atoms with Crippen LogP contribution in [0.1, 0.15) is 46.5 Å². The van der Waals surface area contributed by atoms with Gasteiger partial charge in [0.05, 0.1) is 18.2 Å². The first-order valence-corrected chi connectivity index (χ1v) is 8.71. The molecule has 6 nitrogen and oxygen atoms in total. The van der Waals surface area contributed by atoms with Crippen LogP contribution in [-0.2, 0) is 6.42 Å². The fourth-order valence-corrected chi connectivity index (χ4v) is 2.42. The first-order valence-electron chi connectivity index (χ1n) is 8.71. The van der Waals surface area contributed by atoms with Crippen molar-refractivity contribution in [2.45, 2.75) is 32.7 Å². The second-order valence-corrected chi connectivity index (χ2v) is 6.06. The normalized spacial score (nSPS) is 11.5. The number of ether oxygens (including phenoxy) is 1. The molecule has 0 saturated carbocycles. The summed E-state index contributed by atoms with van der Waals surface area (Å²) in [6.07, 6.45) is 4.40. The van der Waals surface area contributed by atoms with Gasteiger partial charge in [0.1, 0.15) is 5.75 Å². The van der Waals surface area contributed by atoms with E-state index in [2.05, 4.69) is 15.6 Å². The second-order valence-electron chi connectivity index (χ2n) is 6.06. The van der Waals surface area contributed by atoms with E-state index < -0.39 is 0 Å². The fourth-order valence-electron chi connectivity index (χ4n) is 2.42. The third kappa shape index (κ3) is 5.31. The van der Waals surface area contributed by atoms with Gasteiger partial charge in [0.15, 0.2) is 0 Å². The fraction of sp³-hybridized carbons (Fsp3) is 0.350. The predicted octanol–water partition coefficient (Wildman–Crippen LogP) is 2.59. The maximum Gasteiger partial charge on any atom is 0.253 e. The van der Waals surface area contributed by atoms with Crippen LogP contribution in [0, 0.1) is 0 Å². The van der Waals surface area contributed by atoms with E-state index in [9.17, 15) is 9.59 Å². The number of hydrogen-bond donors (Lipinski definition) is 2. The zero-order chi connectivity index (χ0) is 18.9. The van der Waals surface area contributed by atoms with Crippen molar-refractivity contribution in [3.8, 4) is 5.75 Å². The molecule has 1 aromatic carbocycles. The molecule has 0 saturated heterocycles. The highest BCUT2D eigenvalue weighted by Crippen LogP contribution is 2.17. The summed E-state index contributed by atoms with van der Waals surface area (Å²) in [5.41, 5.74) is 1.76. The van der Waals surface area contributed by atoms with Crippen LogP contribution in [0.15, 0.2) is 42.7 Å². The van der Waals surface area contributed by atoms with Crippen LogP contribution in [0.5, 0.6) is 5.75 Å². The first-order chi connectivity index (χ1) is 12.5. The van der Waals surface area contributed by atoms with Crippen LogP contribution < -0.4 is 15.4 Å². The standard InChI is InChI=1S/C20H25N3O3/c1-4-14(2)23-20(25)17-11-16(12-21-13-17)19(24)22-10-9-15-7-5-6-8-18(15)26-3/h5-8,11-14H,4,9-10H2,1-3H3,(H,22,24)(H,23,25). The summed E-state index contributed by atoms with van der Waals surface area (Å²) in [6.45, 7) is 4.39. The molecule has 138 valence electrons. The molecule has 0 radical (unpaired) electrons. The Morgan fingerprint density at radius 2 is 1.85 bits per heavy atom. The first kappa shape index (κ1) is 19.4. The summed E-state index contributed by atoms with van der Waals surface area (Å²) < 4.78 is 5.30. The number of rotatable bonds is 8. The van der Waals surface area contributed by atoms with Gasteiger partial charge in [-0.05, 0) is 37.5 Å². The molecule has 0 aliphatic rings. The summed E-state index contributed by atoms with van der Waals surface area (Å²) in [5.74, 6) is 0.313. The van der Waals surface area contributed by atoms with Crippen LogP contribution in [0.4, 0.5) is 0 Å². The molecule has 6 heteroatoms. The maximum atomic E-state index is 12.3. The average molecular weight is 355 g/mol. The number of methoxy groups -OCH3 is 1. The third-order valence-corrected chi connectivity index (χ3v) is 4.12. The third-order valence-electron chi connectivity index (χ3n) is 4.12. The van der Waals surface area contributed by atoms with Crippen LogP contribution in [0.25, 0.3) is 0 Å². The summed E-state index contributed by atoms with van der Waals surface area (Å²) in [7, 11) is 1.62. The molecule has 1 unspecified atom stereocenters. The number of carbonyl (C=O) groups is 2. The average Bonchev–Trinajstić information content (AvgIpc) is 2.68. The zero-order valence-electron chi connectivity index (χ0n) is 15.4. The highest BCUT2D eigenvalue weighted by Gasteiger charge is 2.13. The Morgan fingerprint density at radius 3 is 2.54 bits per heavy atom. The molecule has 0 spiro atoms. The van der Waals surface area contributed by atoms with Gasteiger partial charge in [-0.2, -0.15) is 0 Å². The summed E-state index contributed by atoms with van der Waals surface area (Å²) >= 11 is 0. The topological polar surface area (TPSA) is 80.3 Å². The van der Waals surface area contributed by atoms with Crippen molar-refractivity contribution in [3.63, 3.8) is 0 Å². The number of nitrogens with zero attached hydrogens (tertiary/aromatic N) is 1. The largest absolute Gasteiger partial charge is 0.496 e. The van der Waals surface area contributed by atoms with Crippen molar-refractivity contribution in [2.75, 3.05) is 13.7 Å². The number of hydrogen-bond acceptors (Lipinski definition) is 4. The minimum absolute atomic E-state index is 0.0702. The number of aromatic nitrogens is 1. The summed E-state index contributed by atoms with van der Waals surface area (Å²) in [5, 5.41) is 5.72. The second kappa shape index (κ2) is 9.56. The van der Waals surface area contributed by atoms with Gasteiger partial charge >= 0.3 is 0 Å². The molecule has 1 aromatic heterocycles. The van der Waals surface area contributed by atoms with Gasteiger partial charge in [0.2, 0.25) is 0 Å². The summed E-state index contributed by atoms with van der Waals surface area (Å²) in [4.78, 5) is 28.5. The number of para-hydroxylation sites is 1. The quantitative estimate of drug-likeness (QED) is 0.763. The molecule has 26 heavy (non-hydrogen) atoms. The number of carbonyl (C=O) groups excluding carboxylic acids is 2. The van der Waals surface area contributed by atoms with Crippen molar-refractivity contribution < 1.29 is 14.3 Å². The molecule has 0 aliphatic heterocycles. The monoisotopic (exact) mass is 355 g/mol. The van der Waals surface area contributed by atoms with Crippen molar-refractivity contribution >= 4 is 11.8 Å². The van der Waals surface area contributed by atoms with Gasteiger partial charge in [-0.1, -0.05) is 25.1 Å². The summed E-state index contributed by atoms with van der Waals surface area (Å²) in [6, 6.07) is 9.32. The van der Waals surface area contributed by atoms with Gasteiger partial charge in [0, 0.05) is 25.0 Å². The van der Waals surface area contributed by atoms with Crippen LogP contribution in [0.2, 0.25) is 0 Å². The minimum Gasteiger partial charge on any atom is -0.496 e. The van der Waals surface area contributed by atoms with E-state index in [1.165, 1.54) is 12.4 Å². The van der Waals surface area contributed by atoms with Crippen LogP contribution in [0.3, 0.4) is 0 Å². The Kier molecular flexibility index (Phi) is 7.14. The lowest BCUT2D eigenvalue weighted by Crippen LogP contribution is -2.32. The van der Waals surface area contributed by atoms with Crippen molar-refractivity contribution in [1.29, 1.82) is 0 Å². The number of nitrogens with one attached hydrogen (secondary N) is 2. The van der Waals surface area contributed by atoms with Gasteiger partial charge in [-0.3, -0.25) is 14.6 Å². The molecule has 2 rings (SSSR count). The molecule has 0 aliphatic carbocycles. The van der Waals surface area contributed by atoms with Gasteiger partial charge in [-0.25, -0.2) is 0 Å². The molecule has 0 fully saturated rings. The SMILES string of the molecule is CCC(C)NC(=O)c1cncc(C(=O)NCCc2ccccc2OC)c1. The molecule has 2 amide bonds. The molecular weight excluding hydrogens is 330 g/mol. The smallest absolute Gasteiger partial charge is 0.253 e. The molecule has 1 atom stereocenters. The van der Waals surface area contributed by atoms with E-state index in [-0.39, 0.29) is 17.9 Å². The zero-order valence-corrected chi connectivity index (χ0v) is 15.4. The van der Waals surface area contributed by atoms with Crippen molar-refractivity contribution in [1.82, 2.24) is 15.6 Å². The lowest BCUT2D eigenvalue weighted by Gasteiger charge is -2.12. The van der Waals surface area contributed by atoms with Gasteiger partial charge < -0.3 is 15.4 Å². The van der Waals surface area contributed by atoms with Crippen LogP contribution in [-0.4, -0.2) is 36.5 Å². The maximum absolute atomic E-state index is 12.3.